The highest BCUT2D eigenvalue weighted by Gasteiger charge is 2.37. The van der Waals surface area contributed by atoms with Crippen LogP contribution in [0.5, 0.6) is 0 Å². The molecule has 4 atom stereocenters. The van der Waals surface area contributed by atoms with Gasteiger partial charge >= 0.3 is 15.6 Å². The zero-order chi connectivity index (χ0) is 26.3. The molecule has 1 aromatic rings. The van der Waals surface area contributed by atoms with E-state index < -0.39 is 27.9 Å². The molecule has 1 saturated heterocycles. The van der Waals surface area contributed by atoms with Crippen molar-refractivity contribution >= 4 is 43.1 Å². The summed E-state index contributed by atoms with van der Waals surface area (Å²) < 4.78 is 48.2. The van der Waals surface area contributed by atoms with Crippen LogP contribution >= 0.6 is 37.2 Å². The van der Waals surface area contributed by atoms with Crippen LogP contribution in [0.2, 0.25) is 0 Å². The highest BCUT2D eigenvalue weighted by molar-refractivity contribution is 8.76. The topological polar surface area (TPSA) is 163 Å². The number of phosphoric acid groups is 2. The molecule has 0 bridgehead atoms. The number of phosphoric ester groups is 2. The molecule has 1 aliphatic rings. The molecule has 36 heavy (non-hydrogen) atoms. The molecule has 0 spiro atoms. The van der Waals surface area contributed by atoms with Gasteiger partial charge in [-0.05, 0) is 35.8 Å². The van der Waals surface area contributed by atoms with Crippen LogP contribution in [0.1, 0.15) is 38.5 Å². The molecule has 1 aliphatic heterocycles. The van der Waals surface area contributed by atoms with E-state index in [0.29, 0.717) is 31.6 Å². The summed E-state index contributed by atoms with van der Waals surface area (Å²) in [6.45, 7) is 0.538. The van der Waals surface area contributed by atoms with E-state index in [1.807, 2.05) is 18.2 Å². The number of hydrogen-bond acceptors (Lipinski definition) is 11. The Morgan fingerprint density at radius 1 is 1.19 bits per heavy atom. The predicted molar refractivity (Wildman–Crippen MR) is 136 cm³/mol. The number of unbranched alkanes of at least 4 members (excludes halogenated alkanes) is 3. The molecular formula is C20H34N2O10P2S2. The molecule has 1 aromatic heterocycles. The standard InChI is InChI=1S/C20H34N2O10P2S2/c1-28-33(24,25)31-16-18-17(9-14-29-18)32-34(26,27)30-13-7-3-2-5-11-21-19(23)10-15-35-36-20-8-4-6-12-22-20/h4,6,8,12,17-18H,2-3,5,7,9-11,13-16H2,1H3,(H,21,23)(H,24,25)(H,26,27)/t17-,18+/m0/s1. The zero-order valence-electron chi connectivity index (χ0n) is 20.1. The maximum Gasteiger partial charge on any atom is 0.472 e. The number of amides is 1. The lowest BCUT2D eigenvalue weighted by molar-refractivity contribution is -0.120. The monoisotopic (exact) mass is 588 g/mol. The smallest absolute Gasteiger partial charge is 0.373 e. The van der Waals surface area contributed by atoms with Gasteiger partial charge in [0.1, 0.15) is 17.2 Å². The Hall–Kier alpha value is -0.500. The first-order valence-electron chi connectivity index (χ1n) is 11.5. The summed E-state index contributed by atoms with van der Waals surface area (Å²) in [5, 5.41) is 3.81. The van der Waals surface area contributed by atoms with Gasteiger partial charge < -0.3 is 19.8 Å². The van der Waals surface area contributed by atoms with Gasteiger partial charge in [-0.1, -0.05) is 29.7 Å². The molecular weight excluding hydrogens is 554 g/mol. The Morgan fingerprint density at radius 3 is 2.75 bits per heavy atom. The summed E-state index contributed by atoms with van der Waals surface area (Å²) in [4.78, 5) is 35.3. The Labute approximate surface area is 219 Å². The number of rotatable bonds is 19. The highest BCUT2D eigenvalue weighted by atomic mass is 33.1. The summed E-state index contributed by atoms with van der Waals surface area (Å²) in [6.07, 6.45) is 3.84. The van der Waals surface area contributed by atoms with Crippen molar-refractivity contribution in [2.24, 2.45) is 0 Å². The quantitative estimate of drug-likeness (QED) is 0.121. The first kappa shape index (κ1) is 31.7. The number of nitrogens with zero attached hydrogens (tertiary/aromatic N) is 1. The Morgan fingerprint density at radius 2 is 2.00 bits per heavy atom. The van der Waals surface area contributed by atoms with Gasteiger partial charge in [-0.15, -0.1) is 0 Å². The number of aromatic nitrogens is 1. The number of hydrogen-bond donors (Lipinski definition) is 3. The van der Waals surface area contributed by atoms with Gasteiger partial charge in [0.2, 0.25) is 5.91 Å². The van der Waals surface area contributed by atoms with Crippen LogP contribution in [0.15, 0.2) is 29.4 Å². The van der Waals surface area contributed by atoms with Crippen molar-refractivity contribution in [2.75, 3.05) is 39.2 Å². The van der Waals surface area contributed by atoms with Gasteiger partial charge in [0, 0.05) is 45.1 Å². The first-order valence-corrected chi connectivity index (χ1v) is 16.8. The van der Waals surface area contributed by atoms with Crippen LogP contribution in [0, 0.1) is 0 Å². The largest absolute Gasteiger partial charge is 0.472 e. The molecule has 2 heterocycles. The normalized spacial score (nSPS) is 21.1. The van der Waals surface area contributed by atoms with Crippen molar-refractivity contribution in [3.8, 4) is 0 Å². The van der Waals surface area contributed by atoms with Gasteiger partial charge in [-0.25, -0.2) is 14.1 Å². The molecule has 1 amide bonds. The molecule has 0 saturated carbocycles. The van der Waals surface area contributed by atoms with Crippen LogP contribution < -0.4 is 5.32 Å². The van der Waals surface area contributed by atoms with Crippen LogP contribution in [0.3, 0.4) is 0 Å². The minimum absolute atomic E-state index is 0.00874. The predicted octanol–water partition coefficient (Wildman–Crippen LogP) is 3.94. The van der Waals surface area contributed by atoms with Crippen LogP contribution in [-0.4, -0.2) is 72.1 Å². The maximum absolute atomic E-state index is 12.2. The molecule has 206 valence electrons. The van der Waals surface area contributed by atoms with Crippen molar-refractivity contribution < 1.29 is 46.5 Å². The Balaban J connectivity index is 1.47. The number of carbonyl (C=O) groups excluding carboxylic acids is 1. The summed E-state index contributed by atoms with van der Waals surface area (Å²) in [6, 6.07) is 5.71. The highest BCUT2D eigenvalue weighted by Crippen LogP contribution is 2.48. The minimum Gasteiger partial charge on any atom is -0.373 e. The third-order valence-electron chi connectivity index (χ3n) is 4.89. The number of pyridine rings is 1. The summed E-state index contributed by atoms with van der Waals surface area (Å²) in [5.41, 5.74) is 0. The fourth-order valence-electron chi connectivity index (χ4n) is 3.04. The number of ether oxygens (including phenoxy) is 1. The zero-order valence-corrected chi connectivity index (χ0v) is 23.5. The molecule has 0 radical (unpaired) electrons. The Bertz CT molecular complexity index is 870. The second-order valence-electron chi connectivity index (χ2n) is 7.68. The molecule has 1 fully saturated rings. The second-order valence-corrected chi connectivity index (χ2v) is 13.1. The molecule has 0 aliphatic carbocycles. The van der Waals surface area contributed by atoms with Gasteiger partial charge in [0.25, 0.3) is 0 Å². The van der Waals surface area contributed by atoms with E-state index in [2.05, 4.69) is 14.8 Å². The van der Waals surface area contributed by atoms with E-state index in [1.165, 1.54) is 0 Å². The average Bonchev–Trinajstić information content (AvgIpc) is 3.29. The summed E-state index contributed by atoms with van der Waals surface area (Å²) in [7, 11) is -4.34. The van der Waals surface area contributed by atoms with Crippen molar-refractivity contribution in [2.45, 2.75) is 55.8 Å². The molecule has 2 rings (SSSR count). The van der Waals surface area contributed by atoms with E-state index in [4.69, 9.17) is 18.3 Å². The lowest BCUT2D eigenvalue weighted by Crippen LogP contribution is -2.28. The van der Waals surface area contributed by atoms with E-state index >= 15 is 0 Å². The molecule has 0 aromatic carbocycles. The van der Waals surface area contributed by atoms with Gasteiger partial charge in [-0.2, -0.15) is 0 Å². The first-order chi connectivity index (χ1) is 17.2. The van der Waals surface area contributed by atoms with Crippen molar-refractivity contribution in [1.82, 2.24) is 10.3 Å². The molecule has 12 nitrogen and oxygen atoms in total. The third kappa shape index (κ3) is 13.9. The molecule has 16 heteroatoms. The van der Waals surface area contributed by atoms with Crippen LogP contribution in [-0.2, 0) is 36.8 Å². The third-order valence-corrected chi connectivity index (χ3v) is 9.14. The van der Waals surface area contributed by atoms with Crippen molar-refractivity contribution in [3.63, 3.8) is 0 Å². The van der Waals surface area contributed by atoms with Gasteiger partial charge in [-0.3, -0.25) is 22.9 Å². The summed E-state index contributed by atoms with van der Waals surface area (Å²) in [5.74, 6) is 0.707. The number of nitrogens with one attached hydrogen (secondary N) is 1. The van der Waals surface area contributed by atoms with Crippen molar-refractivity contribution in [3.05, 3.63) is 24.4 Å². The fourth-order valence-corrected chi connectivity index (χ4v) is 6.35. The second kappa shape index (κ2) is 17.2. The minimum atomic E-state index is -4.32. The summed E-state index contributed by atoms with van der Waals surface area (Å²) >= 11 is 0. The Kier molecular flexibility index (Phi) is 15.1. The maximum atomic E-state index is 12.2. The van der Waals surface area contributed by atoms with Gasteiger partial charge in [0.15, 0.2) is 0 Å². The van der Waals surface area contributed by atoms with E-state index in [9.17, 15) is 23.7 Å². The van der Waals surface area contributed by atoms with Gasteiger partial charge in [0.05, 0.1) is 13.2 Å². The van der Waals surface area contributed by atoms with E-state index in [1.54, 1.807) is 27.8 Å². The van der Waals surface area contributed by atoms with Crippen LogP contribution in [0.25, 0.3) is 0 Å². The SMILES string of the molecule is COP(=O)(O)OC[C@H]1OCC[C@@H]1OP(=O)(O)OCCCCCCNC(=O)CCSSc1ccccn1. The van der Waals surface area contributed by atoms with E-state index in [-0.39, 0.29) is 25.7 Å². The van der Waals surface area contributed by atoms with E-state index in [0.717, 1.165) is 31.4 Å². The van der Waals surface area contributed by atoms with Crippen molar-refractivity contribution in [1.29, 1.82) is 0 Å². The lowest BCUT2D eigenvalue weighted by Gasteiger charge is -2.22. The molecule has 2 unspecified atom stereocenters. The number of carbonyl (C=O) groups is 1. The molecule has 3 N–H and O–H groups in total. The average molecular weight is 589 g/mol. The lowest BCUT2D eigenvalue weighted by atomic mass is 10.2. The van der Waals surface area contributed by atoms with Crippen LogP contribution in [0.4, 0.5) is 0 Å². The fraction of sp³-hybridized carbons (Fsp3) is 0.700.